The van der Waals surface area contributed by atoms with Crippen LogP contribution in [-0.4, -0.2) is 61.5 Å². The van der Waals surface area contributed by atoms with Crippen molar-refractivity contribution in [2.24, 2.45) is 0 Å². The topological polar surface area (TPSA) is 66.9 Å². The number of fused-ring (bicyclic) bond motifs is 2. The molecule has 1 aliphatic rings. The highest BCUT2D eigenvalue weighted by molar-refractivity contribution is 6.08. The number of nitrogens with zero attached hydrogens (tertiary/aromatic N) is 2. The smallest absolute Gasteiger partial charge is 0.162 e. The highest BCUT2D eigenvalue weighted by Crippen LogP contribution is 2.38. The molecule has 148 valence electrons. The van der Waals surface area contributed by atoms with E-state index >= 15 is 0 Å². The normalized spacial score (nSPS) is 17.8. The van der Waals surface area contributed by atoms with Crippen molar-refractivity contribution < 1.29 is 14.6 Å². The molecular weight excluding hydrogens is 354 g/mol. The fourth-order valence-electron chi connectivity index (χ4n) is 4.10. The van der Waals surface area contributed by atoms with Gasteiger partial charge in [0.15, 0.2) is 11.5 Å². The van der Waals surface area contributed by atoms with Crippen molar-refractivity contribution in [2.45, 2.75) is 18.9 Å². The number of ether oxygens (including phenoxy) is 2. The Labute approximate surface area is 165 Å². The Morgan fingerprint density at radius 1 is 1.11 bits per heavy atom. The molecule has 0 saturated carbocycles. The molecule has 1 aliphatic heterocycles. The summed E-state index contributed by atoms with van der Waals surface area (Å²) in [4.78, 5) is 7.16. The summed E-state index contributed by atoms with van der Waals surface area (Å²) in [5.74, 6) is 1.37. The van der Waals surface area contributed by atoms with E-state index in [2.05, 4.69) is 16.3 Å². The number of aliphatic hydroxyl groups excluding tert-OH is 1. The van der Waals surface area contributed by atoms with Gasteiger partial charge in [0.1, 0.15) is 0 Å². The zero-order valence-electron chi connectivity index (χ0n) is 16.4. The predicted octanol–water partition coefficient (Wildman–Crippen LogP) is 3.27. The lowest BCUT2D eigenvalue weighted by molar-refractivity contribution is 0.166. The van der Waals surface area contributed by atoms with Crippen LogP contribution < -0.4 is 14.8 Å². The zero-order valence-corrected chi connectivity index (χ0v) is 16.4. The van der Waals surface area contributed by atoms with Crippen molar-refractivity contribution in [1.29, 1.82) is 0 Å². The van der Waals surface area contributed by atoms with Crippen molar-refractivity contribution in [3.05, 3.63) is 36.4 Å². The molecule has 0 aliphatic carbocycles. The third-order valence-corrected chi connectivity index (χ3v) is 5.46. The van der Waals surface area contributed by atoms with Crippen LogP contribution in [0.4, 0.5) is 5.69 Å². The van der Waals surface area contributed by atoms with Gasteiger partial charge in [-0.15, -0.1) is 0 Å². The van der Waals surface area contributed by atoms with E-state index in [1.807, 2.05) is 30.3 Å². The summed E-state index contributed by atoms with van der Waals surface area (Å²) in [5.41, 5.74) is 2.91. The average molecular weight is 381 g/mol. The van der Waals surface area contributed by atoms with Crippen LogP contribution in [0.25, 0.3) is 21.8 Å². The van der Waals surface area contributed by atoms with Crippen molar-refractivity contribution in [1.82, 2.24) is 9.88 Å². The molecule has 2 aromatic carbocycles. The molecule has 3 aromatic rings. The number of pyridine rings is 1. The van der Waals surface area contributed by atoms with Crippen LogP contribution in [0, 0.1) is 0 Å². The minimum Gasteiger partial charge on any atom is -0.493 e. The van der Waals surface area contributed by atoms with Crippen molar-refractivity contribution in [3.8, 4) is 11.5 Å². The SMILES string of the molecule is COc1cc2nc3ccccc3c(N[C@@H]3CCCN(CCO)C3)c2cc1OC. The van der Waals surface area contributed by atoms with Crippen molar-refractivity contribution in [3.63, 3.8) is 0 Å². The van der Waals surface area contributed by atoms with E-state index in [1.54, 1.807) is 14.2 Å². The Morgan fingerprint density at radius 3 is 2.68 bits per heavy atom. The first-order chi connectivity index (χ1) is 13.7. The number of para-hydroxylation sites is 1. The average Bonchev–Trinajstić information content (AvgIpc) is 2.73. The maximum absolute atomic E-state index is 9.29. The number of hydrogen-bond acceptors (Lipinski definition) is 6. The summed E-state index contributed by atoms with van der Waals surface area (Å²) in [6.45, 7) is 2.89. The number of nitrogens with one attached hydrogen (secondary N) is 1. The Balaban J connectivity index is 1.81. The standard InChI is InChI=1S/C22H27N3O3/c1-27-20-12-17-19(13-21(20)28-2)24-18-8-4-3-7-16(18)22(17)23-15-6-5-9-25(14-15)10-11-26/h3-4,7-8,12-13,15,26H,5-6,9-11,14H2,1-2H3,(H,23,24)/t15-/m1/s1. The number of hydrogen-bond donors (Lipinski definition) is 2. The lowest BCUT2D eigenvalue weighted by Gasteiger charge is -2.33. The summed E-state index contributed by atoms with van der Waals surface area (Å²) in [6, 6.07) is 12.5. The maximum Gasteiger partial charge on any atom is 0.162 e. The van der Waals surface area contributed by atoms with E-state index in [0.29, 0.717) is 17.5 Å². The molecule has 2 N–H and O–H groups in total. The highest BCUT2D eigenvalue weighted by atomic mass is 16.5. The molecule has 28 heavy (non-hydrogen) atoms. The molecule has 1 aromatic heterocycles. The van der Waals surface area contributed by atoms with Crippen molar-refractivity contribution in [2.75, 3.05) is 45.8 Å². The Morgan fingerprint density at radius 2 is 1.89 bits per heavy atom. The summed E-state index contributed by atoms with van der Waals surface area (Å²) < 4.78 is 11.0. The number of anilines is 1. The first-order valence-corrected chi connectivity index (χ1v) is 9.77. The molecule has 1 saturated heterocycles. The van der Waals surface area contributed by atoms with Gasteiger partial charge in [-0.25, -0.2) is 4.98 Å². The van der Waals surface area contributed by atoms with Gasteiger partial charge in [-0.1, -0.05) is 18.2 Å². The third kappa shape index (κ3) is 3.57. The first-order valence-electron chi connectivity index (χ1n) is 9.77. The largest absolute Gasteiger partial charge is 0.493 e. The number of aromatic nitrogens is 1. The second-order valence-electron chi connectivity index (χ2n) is 7.24. The van der Waals surface area contributed by atoms with Gasteiger partial charge in [0, 0.05) is 36.0 Å². The lowest BCUT2D eigenvalue weighted by atomic mass is 10.0. The summed E-state index contributed by atoms with van der Waals surface area (Å²) in [6.07, 6.45) is 2.23. The fourth-order valence-corrected chi connectivity index (χ4v) is 4.10. The van der Waals surface area contributed by atoms with Gasteiger partial charge in [-0.2, -0.15) is 0 Å². The first kappa shape index (κ1) is 18.8. The molecular formula is C22H27N3O3. The van der Waals surface area contributed by atoms with Gasteiger partial charge < -0.3 is 19.9 Å². The van der Waals surface area contributed by atoms with Gasteiger partial charge in [0.25, 0.3) is 0 Å². The quantitative estimate of drug-likeness (QED) is 0.639. The molecule has 1 fully saturated rings. The highest BCUT2D eigenvalue weighted by Gasteiger charge is 2.22. The van der Waals surface area contributed by atoms with E-state index in [9.17, 15) is 5.11 Å². The van der Waals surface area contributed by atoms with Crippen LogP contribution in [0.1, 0.15) is 12.8 Å². The number of benzene rings is 2. The minimum atomic E-state index is 0.199. The van der Waals surface area contributed by atoms with Crippen LogP contribution in [0.15, 0.2) is 36.4 Å². The molecule has 0 radical (unpaired) electrons. The number of rotatable bonds is 6. The van der Waals surface area contributed by atoms with Gasteiger partial charge >= 0.3 is 0 Å². The van der Waals surface area contributed by atoms with Crippen LogP contribution >= 0.6 is 0 Å². The molecule has 0 bridgehead atoms. The zero-order chi connectivity index (χ0) is 19.5. The molecule has 4 rings (SSSR count). The molecule has 6 nitrogen and oxygen atoms in total. The Hall–Kier alpha value is -2.57. The summed E-state index contributed by atoms with van der Waals surface area (Å²) in [7, 11) is 3.29. The van der Waals surface area contributed by atoms with Gasteiger partial charge in [-0.3, -0.25) is 4.90 Å². The number of piperidine rings is 1. The van der Waals surface area contributed by atoms with E-state index < -0.39 is 0 Å². The lowest BCUT2D eigenvalue weighted by Crippen LogP contribution is -2.43. The second-order valence-corrected chi connectivity index (χ2v) is 7.24. The summed E-state index contributed by atoms with van der Waals surface area (Å²) >= 11 is 0. The Bertz CT molecular complexity index is 974. The second kappa shape index (κ2) is 8.20. The van der Waals surface area contributed by atoms with Gasteiger partial charge in [0.2, 0.25) is 0 Å². The molecule has 0 unspecified atom stereocenters. The third-order valence-electron chi connectivity index (χ3n) is 5.46. The van der Waals surface area contributed by atoms with E-state index in [1.165, 1.54) is 0 Å². The fraction of sp³-hybridized carbons (Fsp3) is 0.409. The number of aliphatic hydroxyl groups is 1. The van der Waals surface area contributed by atoms with Gasteiger partial charge in [0.05, 0.1) is 37.5 Å². The van der Waals surface area contributed by atoms with Crippen molar-refractivity contribution >= 4 is 27.5 Å². The van der Waals surface area contributed by atoms with E-state index in [-0.39, 0.29) is 6.61 Å². The molecule has 2 heterocycles. The Kier molecular flexibility index (Phi) is 5.50. The van der Waals surface area contributed by atoms with E-state index in [0.717, 1.165) is 60.0 Å². The predicted molar refractivity (Wildman–Crippen MR) is 113 cm³/mol. The van der Waals surface area contributed by atoms with Crippen LogP contribution in [0.2, 0.25) is 0 Å². The van der Waals surface area contributed by atoms with Gasteiger partial charge in [-0.05, 0) is 31.5 Å². The van der Waals surface area contributed by atoms with Crippen LogP contribution in [0.5, 0.6) is 11.5 Å². The number of likely N-dealkylation sites (tertiary alicyclic amines) is 1. The molecule has 6 heteroatoms. The number of methoxy groups -OCH3 is 2. The molecule has 0 amide bonds. The maximum atomic E-state index is 9.29. The number of β-amino-alcohol motifs (C(OH)–C–C–N with tert-alkyl or cyclic N) is 1. The molecule has 0 spiro atoms. The summed E-state index contributed by atoms with van der Waals surface area (Å²) in [5, 5.41) is 15.2. The minimum absolute atomic E-state index is 0.199. The van der Waals surface area contributed by atoms with Crippen LogP contribution in [-0.2, 0) is 0 Å². The van der Waals surface area contributed by atoms with Crippen LogP contribution in [0.3, 0.4) is 0 Å². The molecule has 1 atom stereocenters. The van der Waals surface area contributed by atoms with E-state index in [4.69, 9.17) is 14.5 Å². The monoisotopic (exact) mass is 381 g/mol.